The number of esters is 1. The summed E-state index contributed by atoms with van der Waals surface area (Å²) in [5, 5.41) is 9.87. The molecule has 102 valence electrons. The lowest BCUT2D eigenvalue weighted by Gasteiger charge is -2.17. The van der Waals surface area contributed by atoms with Crippen LogP contribution in [0.3, 0.4) is 0 Å². The van der Waals surface area contributed by atoms with Crippen LogP contribution in [-0.4, -0.2) is 36.5 Å². The van der Waals surface area contributed by atoms with E-state index < -0.39 is 6.10 Å². The van der Waals surface area contributed by atoms with E-state index >= 15 is 0 Å². The Hall–Kier alpha value is -0.720. The highest BCUT2D eigenvalue weighted by Crippen LogP contribution is 2.44. The molecule has 0 aromatic rings. The Morgan fingerprint density at radius 2 is 2.44 bits per heavy atom. The molecule has 1 heterocycles. The predicted molar refractivity (Wildman–Crippen MR) is 66.7 cm³/mol. The van der Waals surface area contributed by atoms with Crippen LogP contribution in [-0.2, 0) is 18.5 Å². The Labute approximate surface area is 112 Å². The van der Waals surface area contributed by atoms with Crippen molar-refractivity contribution in [3.8, 4) is 0 Å². The molecule has 5 nitrogen and oxygen atoms in total. The molecule has 2 fully saturated rings. The van der Waals surface area contributed by atoms with Crippen molar-refractivity contribution in [2.75, 3.05) is 13.2 Å². The van der Waals surface area contributed by atoms with Crippen molar-refractivity contribution in [2.45, 2.75) is 32.0 Å². The molecule has 18 heavy (non-hydrogen) atoms. The van der Waals surface area contributed by atoms with Gasteiger partial charge in [-0.05, 0) is 19.8 Å². The monoisotopic (exact) mass is 274 g/mol. The molecule has 0 amide bonds. The number of aliphatic hydroxyl groups is 1. The van der Waals surface area contributed by atoms with E-state index in [1.165, 1.54) is 6.08 Å². The molecule has 0 aromatic heterocycles. The fourth-order valence-corrected chi connectivity index (χ4v) is 2.94. The summed E-state index contributed by atoms with van der Waals surface area (Å²) >= 11 is 3.73. The van der Waals surface area contributed by atoms with Crippen molar-refractivity contribution in [1.29, 1.82) is 0 Å². The summed E-state index contributed by atoms with van der Waals surface area (Å²) in [7, 11) is 0. The zero-order chi connectivity index (χ0) is 13.1. The molecule has 4 atom stereocenters. The van der Waals surface area contributed by atoms with Crippen molar-refractivity contribution in [3.05, 3.63) is 11.8 Å². The van der Waals surface area contributed by atoms with Gasteiger partial charge in [0.1, 0.15) is 11.9 Å². The summed E-state index contributed by atoms with van der Waals surface area (Å²) < 4.78 is 15.3. The smallest absolute Gasteiger partial charge is 0.334 e. The number of fused-ring (bicyclic) bond motifs is 1. The molecule has 0 aromatic carbocycles. The highest BCUT2D eigenvalue weighted by Gasteiger charge is 2.48. The SMILES string of the molecule is CCOC(=O)/C=C1\C[C@@H]2[C@@H](COS)[C@H](O)C[C@@H]2O1. The van der Waals surface area contributed by atoms with Gasteiger partial charge in [-0.25, -0.2) is 4.79 Å². The van der Waals surface area contributed by atoms with Gasteiger partial charge in [-0.2, -0.15) is 0 Å². The third-order valence-electron chi connectivity index (χ3n) is 3.57. The molecule has 6 heteroatoms. The average Bonchev–Trinajstić information content (AvgIpc) is 2.79. The van der Waals surface area contributed by atoms with Gasteiger partial charge in [0.25, 0.3) is 0 Å². The zero-order valence-corrected chi connectivity index (χ0v) is 11.1. The van der Waals surface area contributed by atoms with Crippen molar-refractivity contribution in [3.63, 3.8) is 0 Å². The van der Waals surface area contributed by atoms with Gasteiger partial charge in [0, 0.05) is 24.7 Å². The number of aliphatic hydroxyl groups excluding tert-OH is 1. The molecule has 1 aliphatic carbocycles. The minimum absolute atomic E-state index is 0.0144. The lowest BCUT2D eigenvalue weighted by Crippen LogP contribution is -2.23. The van der Waals surface area contributed by atoms with Crippen LogP contribution in [0, 0.1) is 11.8 Å². The second-order valence-electron chi connectivity index (χ2n) is 4.65. The Kier molecular flexibility index (Phi) is 4.53. The number of carbonyl (C=O) groups excluding carboxylic acids is 1. The molecule has 2 rings (SSSR count). The fraction of sp³-hybridized carbons (Fsp3) is 0.750. The van der Waals surface area contributed by atoms with E-state index in [0.717, 1.165) is 0 Å². The first kappa shape index (κ1) is 13.7. The first-order chi connectivity index (χ1) is 8.65. The first-order valence-electron chi connectivity index (χ1n) is 6.14. The van der Waals surface area contributed by atoms with Crippen LogP contribution in [0.15, 0.2) is 11.8 Å². The molecule has 1 saturated heterocycles. The van der Waals surface area contributed by atoms with E-state index in [2.05, 4.69) is 12.9 Å². The Bertz CT molecular complexity index is 343. The maximum atomic E-state index is 11.3. The minimum Gasteiger partial charge on any atom is -0.494 e. The Balaban J connectivity index is 1.98. The molecule has 2 aliphatic rings. The highest BCUT2D eigenvalue weighted by atomic mass is 32.1. The Morgan fingerprint density at radius 1 is 1.67 bits per heavy atom. The second kappa shape index (κ2) is 5.95. The maximum Gasteiger partial charge on any atom is 0.334 e. The third kappa shape index (κ3) is 2.81. The van der Waals surface area contributed by atoms with Crippen LogP contribution in [0.2, 0.25) is 0 Å². The van der Waals surface area contributed by atoms with Crippen LogP contribution in [0.5, 0.6) is 0 Å². The van der Waals surface area contributed by atoms with Gasteiger partial charge >= 0.3 is 5.97 Å². The molecular formula is C12H18O5S. The number of hydrogen-bond donors (Lipinski definition) is 2. The van der Waals surface area contributed by atoms with Gasteiger partial charge in [-0.1, -0.05) is 0 Å². The minimum atomic E-state index is -0.420. The number of allylic oxidation sites excluding steroid dienone is 1. The van der Waals surface area contributed by atoms with Crippen LogP contribution in [0.4, 0.5) is 0 Å². The summed E-state index contributed by atoms with van der Waals surface area (Å²) in [5.41, 5.74) is 0. The second-order valence-corrected chi connectivity index (χ2v) is 4.91. The molecule has 0 unspecified atom stereocenters. The molecule has 0 bridgehead atoms. The summed E-state index contributed by atoms with van der Waals surface area (Å²) in [6.45, 7) is 2.50. The molecule has 1 aliphatic heterocycles. The fourth-order valence-electron chi connectivity index (χ4n) is 2.77. The van der Waals surface area contributed by atoms with E-state index in [1.807, 2.05) is 0 Å². The molecular weight excluding hydrogens is 256 g/mol. The van der Waals surface area contributed by atoms with Gasteiger partial charge < -0.3 is 18.8 Å². The quantitative estimate of drug-likeness (QED) is 0.347. The topological polar surface area (TPSA) is 65.0 Å². The van der Waals surface area contributed by atoms with E-state index in [-0.39, 0.29) is 23.9 Å². The lowest BCUT2D eigenvalue weighted by molar-refractivity contribution is -0.137. The zero-order valence-electron chi connectivity index (χ0n) is 10.2. The van der Waals surface area contributed by atoms with Gasteiger partial charge in [0.15, 0.2) is 0 Å². The van der Waals surface area contributed by atoms with Gasteiger partial charge in [0.05, 0.1) is 25.4 Å². The molecule has 0 spiro atoms. The predicted octanol–water partition coefficient (Wildman–Crippen LogP) is 1.08. The van der Waals surface area contributed by atoms with Crippen LogP contribution < -0.4 is 0 Å². The molecule has 1 N–H and O–H groups in total. The van der Waals surface area contributed by atoms with E-state index in [4.69, 9.17) is 13.7 Å². The number of ether oxygens (including phenoxy) is 2. The van der Waals surface area contributed by atoms with Gasteiger partial charge in [-0.15, -0.1) is 0 Å². The van der Waals surface area contributed by atoms with E-state index in [9.17, 15) is 9.90 Å². The molecule has 1 saturated carbocycles. The van der Waals surface area contributed by atoms with E-state index in [0.29, 0.717) is 31.8 Å². The van der Waals surface area contributed by atoms with Crippen LogP contribution >= 0.6 is 12.9 Å². The lowest BCUT2D eigenvalue weighted by atomic mass is 9.92. The Morgan fingerprint density at radius 3 is 3.11 bits per heavy atom. The summed E-state index contributed by atoms with van der Waals surface area (Å²) in [6, 6.07) is 0. The number of hydrogen-bond acceptors (Lipinski definition) is 6. The normalized spacial score (nSPS) is 36.5. The van der Waals surface area contributed by atoms with Crippen molar-refractivity contribution >= 4 is 18.9 Å². The standard InChI is InChI=1S/C12H18O5S/c1-2-15-12(14)4-7-3-8-9(6-16-18)10(13)5-11(8)17-7/h4,8-11,13,18H,2-3,5-6H2,1H3/b7-4+/t8-,9-,10-,11+/m1/s1. The third-order valence-corrected chi connectivity index (χ3v) is 3.72. The molecule has 0 radical (unpaired) electrons. The van der Waals surface area contributed by atoms with Crippen molar-refractivity contribution < 1.29 is 23.6 Å². The summed E-state index contributed by atoms with van der Waals surface area (Å²) in [6.07, 6.45) is 2.16. The number of thiol groups is 1. The van der Waals surface area contributed by atoms with E-state index in [1.54, 1.807) is 6.92 Å². The van der Waals surface area contributed by atoms with Crippen molar-refractivity contribution in [2.24, 2.45) is 11.8 Å². The van der Waals surface area contributed by atoms with Gasteiger partial charge in [-0.3, -0.25) is 0 Å². The highest BCUT2D eigenvalue weighted by molar-refractivity contribution is 7.75. The number of carbonyl (C=O) groups is 1. The largest absolute Gasteiger partial charge is 0.494 e. The first-order valence-corrected chi connectivity index (χ1v) is 6.50. The van der Waals surface area contributed by atoms with Gasteiger partial charge in [0.2, 0.25) is 0 Å². The van der Waals surface area contributed by atoms with Crippen molar-refractivity contribution in [1.82, 2.24) is 0 Å². The maximum absolute atomic E-state index is 11.3. The van der Waals surface area contributed by atoms with Crippen LogP contribution in [0.1, 0.15) is 19.8 Å². The average molecular weight is 274 g/mol. The summed E-state index contributed by atoms with van der Waals surface area (Å²) in [5.74, 6) is 0.461. The summed E-state index contributed by atoms with van der Waals surface area (Å²) in [4.78, 5) is 11.3. The number of rotatable bonds is 4. The van der Waals surface area contributed by atoms with Crippen LogP contribution in [0.25, 0.3) is 0 Å².